The fraction of sp³-hybridized carbons (Fsp3) is 0.683. The first-order valence-electron chi connectivity index (χ1n) is 19.1. The van der Waals surface area contributed by atoms with Gasteiger partial charge >= 0.3 is 17.9 Å². The van der Waals surface area contributed by atoms with E-state index in [9.17, 15) is 44.4 Å². The zero-order chi connectivity index (χ0) is 40.6. The van der Waals surface area contributed by atoms with E-state index >= 15 is 0 Å². The van der Waals surface area contributed by atoms with Crippen LogP contribution in [0.15, 0.2) is 41.5 Å². The Morgan fingerprint density at radius 3 is 2.18 bits per heavy atom. The molecule has 14 heteroatoms. The highest BCUT2D eigenvalue weighted by molar-refractivity contribution is 5.94. The highest BCUT2D eigenvalue weighted by atomic mass is 16.6. The van der Waals surface area contributed by atoms with Crippen LogP contribution in [0.2, 0.25) is 0 Å². The molecule has 3 saturated carbocycles. The maximum atomic E-state index is 14.9. The van der Waals surface area contributed by atoms with Gasteiger partial charge in [-0.3, -0.25) is 14.4 Å². The van der Waals surface area contributed by atoms with Crippen LogP contribution in [0.5, 0.6) is 0 Å². The summed E-state index contributed by atoms with van der Waals surface area (Å²) in [5.74, 6) is -5.65. The third kappa shape index (κ3) is 6.41. The predicted molar refractivity (Wildman–Crippen MR) is 194 cm³/mol. The van der Waals surface area contributed by atoms with Crippen molar-refractivity contribution >= 4 is 29.6 Å². The molecule has 1 aliphatic heterocycles. The molecule has 0 unspecified atom stereocenters. The van der Waals surface area contributed by atoms with Crippen molar-refractivity contribution in [3.63, 3.8) is 0 Å². The lowest BCUT2D eigenvalue weighted by atomic mass is 9.44. The van der Waals surface area contributed by atoms with Crippen LogP contribution in [0, 0.1) is 28.1 Å². The van der Waals surface area contributed by atoms with E-state index in [0.29, 0.717) is 12.8 Å². The first-order chi connectivity index (χ1) is 25.5. The Labute approximate surface area is 320 Å². The number of hydrogen-bond acceptors (Lipinski definition) is 13. The zero-order valence-electron chi connectivity index (χ0n) is 32.8. The molecule has 2 bridgehead atoms. The minimum absolute atomic E-state index is 0.0228. The number of nitrogens with one attached hydrogen (secondary N) is 1. The second-order valence-electron chi connectivity index (χ2n) is 18.0. The van der Waals surface area contributed by atoms with Gasteiger partial charge in [-0.2, -0.15) is 0 Å². The van der Waals surface area contributed by atoms with Crippen LogP contribution in [-0.4, -0.2) is 110 Å². The van der Waals surface area contributed by atoms with E-state index in [0.717, 1.165) is 6.42 Å². The highest BCUT2D eigenvalue weighted by Crippen LogP contribution is 2.64. The summed E-state index contributed by atoms with van der Waals surface area (Å²) in [4.78, 5) is 68.7. The lowest BCUT2D eigenvalue weighted by Gasteiger charge is -2.67. The summed E-state index contributed by atoms with van der Waals surface area (Å²) in [7, 11) is 0. The molecule has 5 aliphatic rings. The SMILES string of the molecule is CC(=O)O[C@@]12CO[C@@H]1C[C@H](O)[C@@]1(C)C(=O)[C@H](O)C3=C(C)[C@@H](OC(=O)[C@H](O)[C@@H](NC(=O)C4CCC4)C(C)(C)C)C[C@@](O)([C@@H](OC(=O)c4ccccc4)[C@H]21)C3(C)C. The quantitative estimate of drug-likeness (QED) is 0.146. The Morgan fingerprint density at radius 2 is 1.65 bits per heavy atom. The summed E-state index contributed by atoms with van der Waals surface area (Å²) in [5.41, 5.74) is -8.09. The van der Waals surface area contributed by atoms with Crippen LogP contribution in [0.25, 0.3) is 0 Å². The molecule has 5 N–H and O–H groups in total. The van der Waals surface area contributed by atoms with E-state index in [1.165, 1.54) is 32.9 Å². The number of Topliss-reactive ketones (excluding diaryl/α,β-unsaturated/α-hetero) is 1. The van der Waals surface area contributed by atoms with Gasteiger partial charge in [0.15, 0.2) is 17.5 Å². The second-order valence-corrected chi connectivity index (χ2v) is 18.0. The Kier molecular flexibility index (Phi) is 10.5. The molecule has 6 rings (SSSR count). The molecular formula is C41H55NO13. The van der Waals surface area contributed by atoms with Crippen molar-refractivity contribution in [2.45, 2.75) is 141 Å². The smallest absolute Gasteiger partial charge is 0.338 e. The van der Waals surface area contributed by atoms with Crippen molar-refractivity contribution in [3.8, 4) is 0 Å². The summed E-state index contributed by atoms with van der Waals surface area (Å²) < 4.78 is 24.1. The molecule has 14 nitrogen and oxygen atoms in total. The molecule has 302 valence electrons. The minimum Gasteiger partial charge on any atom is -0.456 e. The number of ether oxygens (including phenoxy) is 4. The van der Waals surface area contributed by atoms with E-state index in [-0.39, 0.29) is 41.6 Å². The van der Waals surface area contributed by atoms with Gasteiger partial charge in [-0.25, -0.2) is 9.59 Å². The van der Waals surface area contributed by atoms with E-state index in [1.54, 1.807) is 52.8 Å². The van der Waals surface area contributed by atoms with Gasteiger partial charge in [0.25, 0.3) is 0 Å². The number of carbonyl (C=O) groups excluding carboxylic acids is 5. The van der Waals surface area contributed by atoms with Crippen LogP contribution < -0.4 is 5.32 Å². The minimum atomic E-state index is -2.30. The highest BCUT2D eigenvalue weighted by Gasteiger charge is 2.78. The number of aliphatic hydroxyl groups excluding tert-OH is 3. The Hall–Kier alpha value is -3.69. The van der Waals surface area contributed by atoms with Crippen molar-refractivity contribution in [2.75, 3.05) is 6.61 Å². The number of hydrogen-bond donors (Lipinski definition) is 5. The average molecular weight is 770 g/mol. The fourth-order valence-corrected chi connectivity index (χ4v) is 9.83. The number of esters is 3. The van der Waals surface area contributed by atoms with Crippen molar-refractivity contribution in [1.82, 2.24) is 5.32 Å². The maximum absolute atomic E-state index is 14.9. The standard InChI is InChI=1S/C41H55NO13/c1-20-24(53-36(50)29(46)31(37(3,4)5)42-34(48)22-15-12-16-22)18-41(51)33(54-35(49)23-13-10-9-11-14-23)30-39(8,32(47)28(45)27(20)38(41,6)7)25(44)17-26-40(30,19-52-26)55-21(2)43/h9-11,13-14,22,24-26,28-31,33,44-46,51H,12,15-19H2,1-8H3,(H,42,48)/t24-,25-,26+,28+,29+,30-,31+,33-,39+,40-,41+/m0/s1. The van der Waals surface area contributed by atoms with Gasteiger partial charge < -0.3 is 44.7 Å². The number of carbonyl (C=O) groups is 5. The second kappa shape index (κ2) is 14.0. The maximum Gasteiger partial charge on any atom is 0.338 e. The largest absolute Gasteiger partial charge is 0.456 e. The molecule has 0 radical (unpaired) electrons. The predicted octanol–water partition coefficient (Wildman–Crippen LogP) is 2.32. The molecule has 1 amide bonds. The van der Waals surface area contributed by atoms with Crippen LogP contribution in [0.1, 0.15) is 97.9 Å². The van der Waals surface area contributed by atoms with Gasteiger partial charge in [0.2, 0.25) is 5.91 Å². The Morgan fingerprint density at radius 1 is 1.02 bits per heavy atom. The Bertz CT molecular complexity index is 1760. The number of fused-ring (bicyclic) bond motifs is 5. The van der Waals surface area contributed by atoms with Gasteiger partial charge in [-0.05, 0) is 55.4 Å². The summed E-state index contributed by atoms with van der Waals surface area (Å²) in [5, 5.41) is 51.7. The molecule has 4 aliphatic carbocycles. The van der Waals surface area contributed by atoms with E-state index in [4.69, 9.17) is 18.9 Å². The van der Waals surface area contributed by atoms with E-state index in [2.05, 4.69) is 5.32 Å². The third-order valence-corrected chi connectivity index (χ3v) is 13.4. The molecule has 55 heavy (non-hydrogen) atoms. The molecule has 0 aromatic heterocycles. The van der Waals surface area contributed by atoms with Crippen LogP contribution >= 0.6 is 0 Å². The summed E-state index contributed by atoms with van der Waals surface area (Å²) in [6, 6.07) is 6.86. The summed E-state index contributed by atoms with van der Waals surface area (Å²) in [6.45, 7) is 12.2. The number of amides is 1. The van der Waals surface area contributed by atoms with Gasteiger partial charge in [-0.15, -0.1) is 0 Å². The fourth-order valence-electron chi connectivity index (χ4n) is 9.83. The van der Waals surface area contributed by atoms with Crippen molar-refractivity contribution in [1.29, 1.82) is 0 Å². The molecule has 11 atom stereocenters. The van der Waals surface area contributed by atoms with Gasteiger partial charge in [0, 0.05) is 31.1 Å². The zero-order valence-corrected chi connectivity index (χ0v) is 32.8. The van der Waals surface area contributed by atoms with Crippen LogP contribution in [-0.2, 0) is 38.1 Å². The molecule has 1 heterocycles. The van der Waals surface area contributed by atoms with Crippen molar-refractivity contribution in [2.24, 2.45) is 28.1 Å². The lowest BCUT2D eigenvalue weighted by molar-refractivity contribution is -0.346. The molecule has 1 saturated heterocycles. The number of benzene rings is 1. The third-order valence-electron chi connectivity index (χ3n) is 13.4. The van der Waals surface area contributed by atoms with E-state index < -0.39 is 106 Å². The monoisotopic (exact) mass is 769 g/mol. The molecule has 1 aromatic carbocycles. The number of ketones is 1. The normalized spacial score (nSPS) is 36.6. The lowest BCUT2D eigenvalue weighted by Crippen LogP contribution is -2.81. The summed E-state index contributed by atoms with van der Waals surface area (Å²) in [6.07, 6.45) is -7.78. The number of rotatable bonds is 8. The number of aliphatic hydroxyl groups is 4. The van der Waals surface area contributed by atoms with Crippen molar-refractivity contribution in [3.05, 3.63) is 47.0 Å². The van der Waals surface area contributed by atoms with E-state index in [1.807, 2.05) is 0 Å². The molecule has 1 aromatic rings. The van der Waals surface area contributed by atoms with Crippen molar-refractivity contribution < 1.29 is 63.3 Å². The molecular weight excluding hydrogens is 714 g/mol. The molecule has 0 spiro atoms. The molecule has 4 fully saturated rings. The van der Waals surface area contributed by atoms with Gasteiger partial charge in [0.05, 0.1) is 35.6 Å². The first-order valence-corrected chi connectivity index (χ1v) is 19.1. The summed E-state index contributed by atoms with van der Waals surface area (Å²) >= 11 is 0. The van der Waals surface area contributed by atoms with Gasteiger partial charge in [-0.1, -0.05) is 59.2 Å². The average Bonchev–Trinajstić information content (AvgIpc) is 3.07. The Balaban J connectivity index is 1.49. The first kappa shape index (κ1) is 41.0. The topological polar surface area (TPSA) is 215 Å². The van der Waals surface area contributed by atoms with Crippen LogP contribution in [0.4, 0.5) is 0 Å². The van der Waals surface area contributed by atoms with Crippen LogP contribution in [0.3, 0.4) is 0 Å². The van der Waals surface area contributed by atoms with Gasteiger partial charge in [0.1, 0.15) is 30.0 Å².